The van der Waals surface area contributed by atoms with Gasteiger partial charge in [0.15, 0.2) is 0 Å². The van der Waals surface area contributed by atoms with Gasteiger partial charge in [-0.25, -0.2) is 4.98 Å². The number of rotatable bonds is 5. The fourth-order valence-corrected chi connectivity index (χ4v) is 2.89. The summed E-state index contributed by atoms with van der Waals surface area (Å²) in [6, 6.07) is 14.9. The topological polar surface area (TPSA) is 86.9 Å². The summed E-state index contributed by atoms with van der Waals surface area (Å²) in [6.07, 6.45) is 1.98. The van der Waals surface area contributed by atoms with E-state index in [1.54, 1.807) is 6.07 Å². The maximum Gasteiger partial charge on any atom is 0.260 e. The van der Waals surface area contributed by atoms with Crippen LogP contribution in [-0.4, -0.2) is 15.9 Å². The smallest absolute Gasteiger partial charge is 0.260 e. The summed E-state index contributed by atoms with van der Waals surface area (Å²) >= 11 is 0. The first kappa shape index (κ1) is 16.3. The van der Waals surface area contributed by atoms with Gasteiger partial charge >= 0.3 is 0 Å². The first-order chi connectivity index (χ1) is 12.6. The van der Waals surface area contributed by atoms with Crippen molar-refractivity contribution < 1.29 is 4.79 Å². The number of nitrogens with one attached hydrogen (secondary N) is 3. The van der Waals surface area contributed by atoms with E-state index in [0.29, 0.717) is 16.9 Å². The number of nitrogens with zero attached hydrogens (tertiary/aromatic N) is 1. The number of aromatic nitrogens is 2. The van der Waals surface area contributed by atoms with Crippen molar-refractivity contribution in [3.8, 4) is 0 Å². The molecule has 1 aliphatic carbocycles. The van der Waals surface area contributed by atoms with E-state index in [2.05, 4.69) is 20.6 Å². The van der Waals surface area contributed by atoms with Gasteiger partial charge in [-0.1, -0.05) is 24.3 Å². The fraction of sp³-hybridized carbons (Fsp3) is 0.250. The van der Waals surface area contributed by atoms with Gasteiger partial charge in [0.25, 0.3) is 5.56 Å². The monoisotopic (exact) mass is 348 g/mol. The van der Waals surface area contributed by atoms with Crippen LogP contribution < -0.4 is 16.2 Å². The molecule has 1 amide bonds. The summed E-state index contributed by atoms with van der Waals surface area (Å²) < 4.78 is 0. The van der Waals surface area contributed by atoms with Gasteiger partial charge in [0.1, 0.15) is 0 Å². The van der Waals surface area contributed by atoms with Crippen LogP contribution >= 0.6 is 0 Å². The fourth-order valence-electron chi connectivity index (χ4n) is 2.89. The van der Waals surface area contributed by atoms with Crippen LogP contribution in [-0.2, 0) is 4.79 Å². The average Bonchev–Trinajstić information content (AvgIpc) is 3.47. The van der Waals surface area contributed by atoms with Crippen LogP contribution in [0.4, 0.5) is 11.6 Å². The molecule has 0 bridgehead atoms. The molecule has 4 rings (SSSR count). The van der Waals surface area contributed by atoms with E-state index in [0.717, 1.165) is 24.1 Å². The highest BCUT2D eigenvalue weighted by atomic mass is 16.2. The number of benzene rings is 2. The first-order valence-electron chi connectivity index (χ1n) is 8.76. The highest BCUT2D eigenvalue weighted by Crippen LogP contribution is 2.30. The Balaban J connectivity index is 1.48. The SMILES string of the molecule is CC(Nc1nc2ccccc2c(=O)[nH]1)c1ccc(NC(=O)C2CC2)cc1. The molecule has 1 aromatic heterocycles. The molecule has 1 atom stereocenters. The predicted molar refractivity (Wildman–Crippen MR) is 102 cm³/mol. The van der Waals surface area contributed by atoms with Crippen molar-refractivity contribution in [3.05, 3.63) is 64.4 Å². The number of anilines is 2. The standard InChI is InChI=1S/C20H20N4O2/c1-12(13-8-10-15(11-9-13)22-18(25)14-6-7-14)21-20-23-17-5-3-2-4-16(17)19(26)24-20/h2-5,8-12,14H,6-7H2,1H3,(H,22,25)(H2,21,23,24,26). The Labute approximate surface area is 150 Å². The van der Waals surface area contributed by atoms with E-state index in [-0.39, 0.29) is 23.4 Å². The maximum atomic E-state index is 12.1. The van der Waals surface area contributed by atoms with E-state index in [4.69, 9.17) is 0 Å². The molecule has 26 heavy (non-hydrogen) atoms. The lowest BCUT2D eigenvalue weighted by Crippen LogP contribution is -2.16. The van der Waals surface area contributed by atoms with Crippen LogP contribution in [0.15, 0.2) is 53.3 Å². The molecule has 0 spiro atoms. The number of aromatic amines is 1. The van der Waals surface area contributed by atoms with Crippen molar-refractivity contribution in [2.45, 2.75) is 25.8 Å². The van der Waals surface area contributed by atoms with Gasteiger partial charge in [-0.3, -0.25) is 14.6 Å². The minimum absolute atomic E-state index is 0.0486. The minimum Gasteiger partial charge on any atom is -0.349 e. The van der Waals surface area contributed by atoms with Gasteiger partial charge in [0.05, 0.1) is 16.9 Å². The van der Waals surface area contributed by atoms with Gasteiger partial charge in [-0.2, -0.15) is 0 Å². The van der Waals surface area contributed by atoms with Crippen molar-refractivity contribution in [2.75, 3.05) is 10.6 Å². The highest BCUT2D eigenvalue weighted by Gasteiger charge is 2.29. The summed E-state index contributed by atoms with van der Waals surface area (Å²) in [4.78, 5) is 31.2. The van der Waals surface area contributed by atoms with E-state index < -0.39 is 0 Å². The van der Waals surface area contributed by atoms with Crippen LogP contribution in [0.1, 0.15) is 31.4 Å². The van der Waals surface area contributed by atoms with Gasteiger partial charge in [-0.05, 0) is 49.6 Å². The number of para-hydroxylation sites is 1. The molecule has 0 saturated heterocycles. The maximum absolute atomic E-state index is 12.1. The molecule has 2 aromatic carbocycles. The lowest BCUT2D eigenvalue weighted by molar-refractivity contribution is -0.117. The molecule has 0 aliphatic heterocycles. The van der Waals surface area contributed by atoms with Crippen molar-refractivity contribution in [1.82, 2.24) is 9.97 Å². The second-order valence-electron chi connectivity index (χ2n) is 6.68. The van der Waals surface area contributed by atoms with E-state index >= 15 is 0 Å². The molecule has 132 valence electrons. The van der Waals surface area contributed by atoms with Gasteiger partial charge in [0, 0.05) is 11.6 Å². The van der Waals surface area contributed by atoms with E-state index in [1.807, 2.05) is 49.4 Å². The normalized spacial score (nSPS) is 14.8. The second kappa shape index (κ2) is 6.63. The highest BCUT2D eigenvalue weighted by molar-refractivity contribution is 5.94. The molecule has 0 radical (unpaired) electrons. The molecule has 1 saturated carbocycles. The number of fused-ring (bicyclic) bond motifs is 1. The Hall–Kier alpha value is -3.15. The summed E-state index contributed by atoms with van der Waals surface area (Å²) in [7, 11) is 0. The minimum atomic E-state index is -0.163. The van der Waals surface area contributed by atoms with Crippen LogP contribution in [0, 0.1) is 5.92 Å². The third kappa shape index (κ3) is 3.44. The Morgan fingerprint density at radius 2 is 1.88 bits per heavy atom. The van der Waals surface area contributed by atoms with Gasteiger partial charge < -0.3 is 10.6 Å². The Kier molecular flexibility index (Phi) is 4.16. The zero-order valence-electron chi connectivity index (χ0n) is 14.5. The second-order valence-corrected chi connectivity index (χ2v) is 6.68. The molecule has 3 aromatic rings. The molecule has 3 N–H and O–H groups in total. The number of carbonyl (C=O) groups is 1. The third-order valence-electron chi connectivity index (χ3n) is 4.59. The third-order valence-corrected chi connectivity index (χ3v) is 4.59. The van der Waals surface area contributed by atoms with Crippen LogP contribution in [0.25, 0.3) is 10.9 Å². The van der Waals surface area contributed by atoms with Crippen LogP contribution in [0.5, 0.6) is 0 Å². The molecular formula is C20H20N4O2. The Bertz CT molecular complexity index is 1010. The predicted octanol–water partition coefficient (Wildman–Crippen LogP) is 3.44. The summed E-state index contributed by atoms with van der Waals surface area (Å²) in [5.41, 5.74) is 2.33. The molecule has 1 unspecified atom stereocenters. The average molecular weight is 348 g/mol. The molecular weight excluding hydrogens is 328 g/mol. The summed E-state index contributed by atoms with van der Waals surface area (Å²) in [5, 5.41) is 6.72. The van der Waals surface area contributed by atoms with Crippen molar-refractivity contribution in [2.24, 2.45) is 5.92 Å². The summed E-state index contributed by atoms with van der Waals surface area (Å²) in [5.74, 6) is 0.722. The Morgan fingerprint density at radius 3 is 2.62 bits per heavy atom. The van der Waals surface area contributed by atoms with E-state index in [9.17, 15) is 9.59 Å². The molecule has 1 heterocycles. The summed E-state index contributed by atoms with van der Waals surface area (Å²) in [6.45, 7) is 1.99. The van der Waals surface area contributed by atoms with Crippen LogP contribution in [0.2, 0.25) is 0 Å². The molecule has 6 nitrogen and oxygen atoms in total. The number of amides is 1. The van der Waals surface area contributed by atoms with Crippen LogP contribution in [0.3, 0.4) is 0 Å². The zero-order valence-corrected chi connectivity index (χ0v) is 14.5. The largest absolute Gasteiger partial charge is 0.349 e. The quantitative estimate of drug-likeness (QED) is 0.659. The first-order valence-corrected chi connectivity index (χ1v) is 8.76. The van der Waals surface area contributed by atoms with Gasteiger partial charge in [-0.15, -0.1) is 0 Å². The lowest BCUT2D eigenvalue weighted by Gasteiger charge is -2.15. The van der Waals surface area contributed by atoms with E-state index in [1.165, 1.54) is 0 Å². The number of carbonyl (C=O) groups excluding carboxylic acids is 1. The molecule has 1 fully saturated rings. The van der Waals surface area contributed by atoms with Crippen molar-refractivity contribution in [1.29, 1.82) is 0 Å². The van der Waals surface area contributed by atoms with Gasteiger partial charge in [0.2, 0.25) is 11.9 Å². The lowest BCUT2D eigenvalue weighted by atomic mass is 10.1. The Morgan fingerprint density at radius 1 is 1.15 bits per heavy atom. The number of hydrogen-bond acceptors (Lipinski definition) is 4. The number of hydrogen-bond donors (Lipinski definition) is 3. The molecule has 6 heteroatoms. The number of H-pyrrole nitrogens is 1. The van der Waals surface area contributed by atoms with Crippen molar-refractivity contribution in [3.63, 3.8) is 0 Å². The van der Waals surface area contributed by atoms with Crippen molar-refractivity contribution >= 4 is 28.4 Å². The zero-order chi connectivity index (χ0) is 18.1. The molecule has 1 aliphatic rings.